The predicted octanol–water partition coefficient (Wildman–Crippen LogP) is 1.97. The molecule has 0 aliphatic heterocycles. The van der Waals surface area contributed by atoms with Crippen molar-refractivity contribution in [1.82, 2.24) is 0 Å². The molecule has 88 valence electrons. The van der Waals surface area contributed by atoms with Crippen LogP contribution in [-0.4, -0.2) is 26.4 Å². The van der Waals surface area contributed by atoms with Gasteiger partial charge in [0.05, 0.1) is 16.6 Å². The lowest BCUT2D eigenvalue weighted by Crippen LogP contribution is -2.12. The molecule has 0 amide bonds. The van der Waals surface area contributed by atoms with Crippen molar-refractivity contribution in [3.05, 3.63) is 23.2 Å². The van der Waals surface area contributed by atoms with Gasteiger partial charge in [-0.25, -0.2) is 13.4 Å². The first kappa shape index (κ1) is 13.3. The lowest BCUT2D eigenvalue weighted by molar-refractivity contribution is 0.602. The van der Waals surface area contributed by atoms with Gasteiger partial charge in [0.15, 0.2) is 9.84 Å². The second-order valence-electron chi connectivity index (χ2n) is 3.10. The molecule has 4 nitrogen and oxygen atoms in total. The van der Waals surface area contributed by atoms with Gasteiger partial charge in [-0.1, -0.05) is 17.7 Å². The first-order valence-electron chi connectivity index (χ1n) is 4.24. The van der Waals surface area contributed by atoms with Crippen LogP contribution in [0.15, 0.2) is 28.1 Å². The molecule has 0 spiro atoms. The Morgan fingerprint density at radius 2 is 2.12 bits per heavy atom. The molecule has 0 aliphatic carbocycles. The van der Waals surface area contributed by atoms with Gasteiger partial charge in [0.2, 0.25) is 0 Å². The first-order chi connectivity index (χ1) is 7.36. The predicted molar refractivity (Wildman–Crippen MR) is 66.6 cm³/mol. The van der Waals surface area contributed by atoms with Crippen LogP contribution in [0, 0.1) is 0 Å². The summed E-state index contributed by atoms with van der Waals surface area (Å²) in [6.07, 6.45) is 1.06. The van der Waals surface area contributed by atoms with E-state index in [0.717, 1.165) is 6.26 Å². The van der Waals surface area contributed by atoms with Crippen molar-refractivity contribution in [3.8, 4) is 0 Å². The highest BCUT2D eigenvalue weighted by atomic mass is 35.5. The van der Waals surface area contributed by atoms with Crippen molar-refractivity contribution in [3.63, 3.8) is 0 Å². The van der Waals surface area contributed by atoms with E-state index in [9.17, 15) is 8.42 Å². The van der Waals surface area contributed by atoms with E-state index in [0.29, 0.717) is 0 Å². The third kappa shape index (κ3) is 3.10. The Bertz CT molecular complexity index is 526. The molecule has 0 atom stereocenters. The van der Waals surface area contributed by atoms with E-state index < -0.39 is 9.84 Å². The van der Waals surface area contributed by atoms with Gasteiger partial charge in [-0.15, -0.1) is 11.6 Å². The number of alkyl halides is 1. The van der Waals surface area contributed by atoms with Crippen LogP contribution in [0.25, 0.3) is 0 Å². The summed E-state index contributed by atoms with van der Waals surface area (Å²) in [5, 5.41) is 0.117. The summed E-state index contributed by atoms with van der Waals surface area (Å²) in [5.41, 5.74) is 5.65. The van der Waals surface area contributed by atoms with Crippen LogP contribution in [0.3, 0.4) is 0 Å². The zero-order chi connectivity index (χ0) is 12.3. The maximum atomic E-state index is 11.5. The lowest BCUT2D eigenvalue weighted by atomic mass is 10.3. The zero-order valence-corrected chi connectivity index (χ0v) is 10.8. The molecule has 1 aromatic carbocycles. The fraction of sp³-hybridized carbons (Fsp3) is 0.222. The first-order valence-corrected chi connectivity index (χ1v) is 7.04. The third-order valence-corrected chi connectivity index (χ3v) is 3.59. The summed E-state index contributed by atoms with van der Waals surface area (Å²) < 4.78 is 23.0. The molecule has 0 saturated carbocycles. The van der Waals surface area contributed by atoms with Gasteiger partial charge in [-0.3, -0.25) is 0 Å². The topological polar surface area (TPSA) is 72.5 Å². The fourth-order valence-corrected chi connectivity index (χ4v) is 2.70. The number of nitrogens with zero attached hydrogens (tertiary/aromatic N) is 1. The monoisotopic (exact) mass is 280 g/mol. The molecule has 0 heterocycles. The van der Waals surface area contributed by atoms with E-state index in [1.807, 2.05) is 0 Å². The number of aliphatic imine (C=N–C) groups is 1. The minimum absolute atomic E-state index is 0.0235. The number of benzene rings is 1. The Morgan fingerprint density at radius 1 is 1.50 bits per heavy atom. The van der Waals surface area contributed by atoms with Crippen LogP contribution in [-0.2, 0) is 9.84 Å². The van der Waals surface area contributed by atoms with Crippen molar-refractivity contribution in [2.75, 3.05) is 12.1 Å². The van der Waals surface area contributed by atoms with Crippen molar-refractivity contribution in [1.29, 1.82) is 0 Å². The molecule has 1 aromatic rings. The minimum Gasteiger partial charge on any atom is -0.386 e. The number of nitrogens with two attached hydrogens (primary N) is 1. The third-order valence-electron chi connectivity index (χ3n) is 1.72. The Morgan fingerprint density at radius 3 is 2.62 bits per heavy atom. The molecule has 0 aromatic heterocycles. The maximum absolute atomic E-state index is 11.5. The summed E-state index contributed by atoms with van der Waals surface area (Å²) in [7, 11) is -3.46. The van der Waals surface area contributed by atoms with Crippen LogP contribution >= 0.6 is 23.2 Å². The Kier molecular flexibility index (Phi) is 4.18. The highest BCUT2D eigenvalue weighted by Gasteiger charge is 2.17. The van der Waals surface area contributed by atoms with Crippen LogP contribution < -0.4 is 5.73 Å². The average molecular weight is 281 g/mol. The van der Waals surface area contributed by atoms with Gasteiger partial charge >= 0.3 is 0 Å². The Labute approximate surface area is 104 Å². The second-order valence-corrected chi connectivity index (χ2v) is 5.72. The fourth-order valence-electron chi connectivity index (χ4n) is 1.14. The number of halogens is 2. The molecule has 0 radical (unpaired) electrons. The van der Waals surface area contributed by atoms with Crippen molar-refractivity contribution in [2.45, 2.75) is 4.90 Å². The Hall–Kier alpha value is -0.780. The van der Waals surface area contributed by atoms with E-state index in [-0.39, 0.29) is 27.3 Å². The zero-order valence-electron chi connectivity index (χ0n) is 8.44. The molecular weight excluding hydrogens is 271 g/mol. The van der Waals surface area contributed by atoms with E-state index >= 15 is 0 Å². The van der Waals surface area contributed by atoms with Gasteiger partial charge in [0, 0.05) is 6.26 Å². The highest BCUT2D eigenvalue weighted by Crippen LogP contribution is 2.31. The van der Waals surface area contributed by atoms with E-state index in [1.54, 1.807) is 6.07 Å². The standard InChI is InChI=1S/C9H10Cl2N2O2S/c1-16(14,15)9-6(11)3-2-4-7(9)13-8(12)5-10/h2-4H,5H2,1H3,(H2,12,13). The molecule has 0 fully saturated rings. The smallest absolute Gasteiger partial charge is 0.179 e. The number of hydrogen-bond acceptors (Lipinski definition) is 3. The molecular formula is C9H10Cl2N2O2S. The number of rotatable bonds is 3. The van der Waals surface area contributed by atoms with Crippen molar-refractivity contribution in [2.24, 2.45) is 10.7 Å². The number of sulfone groups is 1. The van der Waals surface area contributed by atoms with Gasteiger partial charge in [-0.2, -0.15) is 0 Å². The molecule has 0 unspecified atom stereocenters. The van der Waals surface area contributed by atoms with Gasteiger partial charge in [-0.05, 0) is 12.1 Å². The summed E-state index contributed by atoms with van der Waals surface area (Å²) in [5.74, 6) is 0.157. The molecule has 16 heavy (non-hydrogen) atoms. The Balaban J connectivity index is 3.47. The van der Waals surface area contributed by atoms with Crippen LogP contribution in [0.1, 0.15) is 0 Å². The van der Waals surface area contributed by atoms with Crippen LogP contribution in [0.5, 0.6) is 0 Å². The largest absolute Gasteiger partial charge is 0.386 e. The van der Waals surface area contributed by atoms with E-state index in [2.05, 4.69) is 4.99 Å². The van der Waals surface area contributed by atoms with Gasteiger partial charge in [0.25, 0.3) is 0 Å². The van der Waals surface area contributed by atoms with Crippen molar-refractivity contribution < 1.29 is 8.42 Å². The SMILES string of the molecule is CS(=O)(=O)c1c(Cl)cccc1N=C(N)CCl. The quantitative estimate of drug-likeness (QED) is 0.523. The normalized spacial score (nSPS) is 12.8. The number of hydrogen-bond donors (Lipinski definition) is 1. The molecule has 0 bridgehead atoms. The average Bonchev–Trinajstić information content (AvgIpc) is 2.15. The molecule has 0 aliphatic rings. The molecule has 0 saturated heterocycles. The van der Waals surface area contributed by atoms with Crippen molar-refractivity contribution >= 4 is 44.6 Å². The highest BCUT2D eigenvalue weighted by molar-refractivity contribution is 7.91. The van der Waals surface area contributed by atoms with Gasteiger partial charge in [0.1, 0.15) is 10.7 Å². The lowest BCUT2D eigenvalue weighted by Gasteiger charge is -2.06. The van der Waals surface area contributed by atoms with E-state index in [4.69, 9.17) is 28.9 Å². The summed E-state index contributed by atoms with van der Waals surface area (Å²) in [6.45, 7) is 0. The van der Waals surface area contributed by atoms with Crippen LogP contribution in [0.2, 0.25) is 5.02 Å². The summed E-state index contributed by atoms with van der Waals surface area (Å²) >= 11 is 11.3. The maximum Gasteiger partial charge on any atom is 0.179 e. The molecule has 2 N–H and O–H groups in total. The molecule has 7 heteroatoms. The second kappa shape index (κ2) is 5.03. The summed E-state index contributed by atoms with van der Waals surface area (Å²) in [6, 6.07) is 4.59. The summed E-state index contributed by atoms with van der Waals surface area (Å²) in [4.78, 5) is 3.87. The minimum atomic E-state index is -3.46. The number of amidine groups is 1. The van der Waals surface area contributed by atoms with Gasteiger partial charge < -0.3 is 5.73 Å². The van der Waals surface area contributed by atoms with Crippen LogP contribution in [0.4, 0.5) is 5.69 Å². The molecule has 1 rings (SSSR count). The van der Waals surface area contributed by atoms with E-state index in [1.165, 1.54) is 12.1 Å².